The molecule has 13 heavy (non-hydrogen) atoms. The van der Waals surface area contributed by atoms with Gasteiger partial charge in [0.1, 0.15) is 0 Å². The molecular formula is C8H13NO4. The maximum Gasteiger partial charge on any atom is 0.332 e. The summed E-state index contributed by atoms with van der Waals surface area (Å²) in [6.07, 6.45) is 2.47. The van der Waals surface area contributed by atoms with Gasteiger partial charge in [0.25, 0.3) is 5.91 Å². The normalized spacial score (nSPS) is 11.1. The van der Waals surface area contributed by atoms with Crippen molar-refractivity contribution in [3.8, 4) is 0 Å². The van der Waals surface area contributed by atoms with Crippen LogP contribution in [-0.2, 0) is 14.4 Å². The number of carbonyl (C=O) groups excluding carboxylic acids is 1. The van der Waals surface area contributed by atoms with Crippen molar-refractivity contribution in [3.05, 3.63) is 11.6 Å². The van der Waals surface area contributed by atoms with Gasteiger partial charge < -0.3 is 5.11 Å². The number of hydrogen-bond donors (Lipinski definition) is 2. The second kappa shape index (κ2) is 6.19. The first-order valence-electron chi connectivity index (χ1n) is 3.88. The summed E-state index contributed by atoms with van der Waals surface area (Å²) in [6, 6.07) is 0. The Morgan fingerprint density at radius 1 is 1.54 bits per heavy atom. The van der Waals surface area contributed by atoms with Crippen LogP contribution in [0.5, 0.6) is 0 Å². The van der Waals surface area contributed by atoms with Gasteiger partial charge in [-0.15, -0.1) is 0 Å². The summed E-state index contributed by atoms with van der Waals surface area (Å²) in [5, 5.41) is 8.18. The predicted molar refractivity (Wildman–Crippen MR) is 45.8 cm³/mol. The largest absolute Gasteiger partial charge is 0.479 e. The van der Waals surface area contributed by atoms with Crippen LogP contribution in [0.1, 0.15) is 20.3 Å². The van der Waals surface area contributed by atoms with Gasteiger partial charge in [0.2, 0.25) is 0 Å². The number of nitrogens with one attached hydrogen (secondary N) is 1. The van der Waals surface area contributed by atoms with Crippen molar-refractivity contribution in [2.75, 3.05) is 6.61 Å². The molecule has 0 aromatic heterocycles. The number of aliphatic carboxylic acids is 1. The van der Waals surface area contributed by atoms with E-state index in [-0.39, 0.29) is 0 Å². The minimum Gasteiger partial charge on any atom is -0.479 e. The summed E-state index contributed by atoms with van der Waals surface area (Å²) in [5.41, 5.74) is 2.52. The van der Waals surface area contributed by atoms with Crippen LogP contribution in [0.2, 0.25) is 0 Å². The first-order chi connectivity index (χ1) is 6.07. The molecule has 0 atom stereocenters. The van der Waals surface area contributed by atoms with E-state index in [1.807, 2.05) is 12.4 Å². The first-order valence-corrected chi connectivity index (χ1v) is 3.88. The number of amides is 1. The van der Waals surface area contributed by atoms with Crippen molar-refractivity contribution in [1.29, 1.82) is 0 Å². The van der Waals surface area contributed by atoms with Crippen molar-refractivity contribution in [2.24, 2.45) is 0 Å². The van der Waals surface area contributed by atoms with E-state index in [0.29, 0.717) is 5.57 Å². The number of hydrogen-bond acceptors (Lipinski definition) is 3. The van der Waals surface area contributed by atoms with Crippen LogP contribution < -0.4 is 5.48 Å². The van der Waals surface area contributed by atoms with Crippen molar-refractivity contribution >= 4 is 11.9 Å². The quantitative estimate of drug-likeness (QED) is 0.484. The Bertz CT molecular complexity index is 222. The lowest BCUT2D eigenvalue weighted by Crippen LogP contribution is -2.27. The highest BCUT2D eigenvalue weighted by molar-refractivity contribution is 5.91. The number of carboxylic acids is 1. The van der Waals surface area contributed by atoms with Gasteiger partial charge in [-0.2, -0.15) is 0 Å². The first kappa shape index (κ1) is 11.6. The fourth-order valence-corrected chi connectivity index (χ4v) is 0.643. The molecule has 0 fully saturated rings. The molecule has 5 nitrogen and oxygen atoms in total. The molecule has 0 aliphatic heterocycles. The fourth-order valence-electron chi connectivity index (χ4n) is 0.643. The third-order valence-electron chi connectivity index (χ3n) is 1.23. The van der Waals surface area contributed by atoms with E-state index < -0.39 is 18.5 Å². The Balaban J connectivity index is 3.75. The SMILES string of the molecule is CCC=C(C)C(=O)NOCC(=O)O. The molecule has 0 saturated carbocycles. The van der Waals surface area contributed by atoms with Crippen LogP contribution in [0.15, 0.2) is 11.6 Å². The number of carboxylic acid groups (broad SMARTS) is 1. The molecule has 0 radical (unpaired) electrons. The zero-order valence-electron chi connectivity index (χ0n) is 7.66. The van der Waals surface area contributed by atoms with Gasteiger partial charge in [0.05, 0.1) is 0 Å². The molecule has 0 aromatic rings. The second-order valence-corrected chi connectivity index (χ2v) is 2.41. The Hall–Kier alpha value is -1.36. The minimum absolute atomic E-state index is 0.414. The molecule has 2 N–H and O–H groups in total. The van der Waals surface area contributed by atoms with Crippen LogP contribution >= 0.6 is 0 Å². The highest BCUT2D eigenvalue weighted by Crippen LogP contribution is 1.94. The van der Waals surface area contributed by atoms with Crippen LogP contribution in [-0.4, -0.2) is 23.6 Å². The summed E-state index contributed by atoms with van der Waals surface area (Å²) in [4.78, 5) is 25.4. The standard InChI is InChI=1S/C8H13NO4/c1-3-4-6(2)8(12)9-13-5-7(10)11/h4H,3,5H2,1-2H3,(H,9,12)(H,10,11). The zero-order valence-corrected chi connectivity index (χ0v) is 7.66. The molecular weight excluding hydrogens is 174 g/mol. The van der Waals surface area contributed by atoms with Crippen molar-refractivity contribution < 1.29 is 19.5 Å². The molecule has 74 valence electrons. The third-order valence-corrected chi connectivity index (χ3v) is 1.23. The molecule has 0 unspecified atom stereocenters. The number of rotatable bonds is 5. The van der Waals surface area contributed by atoms with Gasteiger partial charge in [0, 0.05) is 5.57 Å². The topological polar surface area (TPSA) is 75.6 Å². The van der Waals surface area contributed by atoms with E-state index in [4.69, 9.17) is 5.11 Å². The molecule has 0 aliphatic carbocycles. The van der Waals surface area contributed by atoms with Gasteiger partial charge in [0.15, 0.2) is 6.61 Å². The monoisotopic (exact) mass is 187 g/mol. The molecule has 0 aromatic carbocycles. The number of allylic oxidation sites excluding steroid dienone is 1. The molecule has 0 saturated heterocycles. The average Bonchev–Trinajstić information content (AvgIpc) is 2.04. The lowest BCUT2D eigenvalue weighted by atomic mass is 10.2. The zero-order chi connectivity index (χ0) is 10.3. The van der Waals surface area contributed by atoms with E-state index in [1.54, 1.807) is 13.0 Å². The lowest BCUT2D eigenvalue weighted by Gasteiger charge is -2.02. The number of hydroxylamine groups is 1. The Labute approximate surface area is 76.3 Å². The van der Waals surface area contributed by atoms with Gasteiger partial charge >= 0.3 is 5.97 Å². The van der Waals surface area contributed by atoms with E-state index in [9.17, 15) is 9.59 Å². The highest BCUT2D eigenvalue weighted by Gasteiger charge is 2.03. The van der Waals surface area contributed by atoms with Crippen LogP contribution in [0.3, 0.4) is 0 Å². The summed E-state index contributed by atoms with van der Waals surface area (Å²) in [7, 11) is 0. The Morgan fingerprint density at radius 3 is 2.62 bits per heavy atom. The summed E-state index contributed by atoms with van der Waals surface area (Å²) in [5.74, 6) is -1.54. The van der Waals surface area contributed by atoms with Crippen LogP contribution in [0.4, 0.5) is 0 Å². The van der Waals surface area contributed by atoms with E-state index >= 15 is 0 Å². The van der Waals surface area contributed by atoms with Gasteiger partial charge in [-0.05, 0) is 13.3 Å². The van der Waals surface area contributed by atoms with Crippen molar-refractivity contribution in [3.63, 3.8) is 0 Å². The van der Waals surface area contributed by atoms with E-state index in [0.717, 1.165) is 6.42 Å². The highest BCUT2D eigenvalue weighted by atomic mass is 16.7. The molecule has 0 spiro atoms. The molecule has 0 rings (SSSR count). The lowest BCUT2D eigenvalue weighted by molar-refractivity contribution is -0.148. The molecule has 5 heteroatoms. The van der Waals surface area contributed by atoms with Crippen molar-refractivity contribution in [2.45, 2.75) is 20.3 Å². The van der Waals surface area contributed by atoms with Crippen LogP contribution in [0.25, 0.3) is 0 Å². The predicted octanol–water partition coefficient (Wildman–Crippen LogP) is 0.475. The third kappa shape index (κ3) is 5.86. The Kier molecular flexibility index (Phi) is 5.54. The van der Waals surface area contributed by atoms with Crippen LogP contribution in [0, 0.1) is 0 Å². The summed E-state index contributed by atoms with van der Waals surface area (Å²) < 4.78 is 0. The minimum atomic E-state index is -1.13. The smallest absolute Gasteiger partial charge is 0.332 e. The van der Waals surface area contributed by atoms with Crippen molar-refractivity contribution in [1.82, 2.24) is 5.48 Å². The maximum absolute atomic E-state index is 11.0. The average molecular weight is 187 g/mol. The molecule has 1 amide bonds. The number of carbonyl (C=O) groups is 2. The maximum atomic E-state index is 11.0. The van der Waals surface area contributed by atoms with E-state index in [2.05, 4.69) is 4.84 Å². The van der Waals surface area contributed by atoms with Gasteiger partial charge in [-0.25, -0.2) is 10.3 Å². The van der Waals surface area contributed by atoms with Gasteiger partial charge in [-0.3, -0.25) is 9.63 Å². The fraction of sp³-hybridized carbons (Fsp3) is 0.500. The Morgan fingerprint density at radius 2 is 2.15 bits per heavy atom. The molecule has 0 bridgehead atoms. The van der Waals surface area contributed by atoms with Gasteiger partial charge in [-0.1, -0.05) is 13.0 Å². The van der Waals surface area contributed by atoms with E-state index in [1.165, 1.54) is 0 Å². The molecule has 0 heterocycles. The molecule has 0 aliphatic rings. The summed E-state index contributed by atoms with van der Waals surface area (Å²) >= 11 is 0. The second-order valence-electron chi connectivity index (χ2n) is 2.41. The summed E-state index contributed by atoms with van der Waals surface area (Å²) in [6.45, 7) is 2.99.